The zero-order chi connectivity index (χ0) is 22.1. The SMILES string of the molecule is C[Si](C)(C)CCOCn1cc(C(=O)c2ccc([N+](=O)[O-])cc2Cl)c2c(Cl)ncnc21. The zero-order valence-corrected chi connectivity index (χ0v) is 19.2. The predicted molar refractivity (Wildman–Crippen MR) is 118 cm³/mol. The second-order valence-electron chi connectivity index (χ2n) is 7.97. The normalized spacial score (nSPS) is 11.8. The Kier molecular flexibility index (Phi) is 6.56. The van der Waals surface area contributed by atoms with Crippen molar-refractivity contribution < 1.29 is 14.5 Å². The lowest BCUT2D eigenvalue weighted by Crippen LogP contribution is -2.22. The van der Waals surface area contributed by atoms with Crippen molar-refractivity contribution in [2.75, 3.05) is 6.61 Å². The summed E-state index contributed by atoms with van der Waals surface area (Å²) in [4.78, 5) is 31.7. The summed E-state index contributed by atoms with van der Waals surface area (Å²) >= 11 is 12.4. The van der Waals surface area contributed by atoms with Crippen molar-refractivity contribution in [3.05, 3.63) is 62.1 Å². The lowest BCUT2D eigenvalue weighted by Gasteiger charge is -2.15. The van der Waals surface area contributed by atoms with Gasteiger partial charge in [-0.3, -0.25) is 14.9 Å². The van der Waals surface area contributed by atoms with Gasteiger partial charge in [0.05, 0.1) is 20.9 Å². The van der Waals surface area contributed by atoms with Gasteiger partial charge in [-0.15, -0.1) is 0 Å². The zero-order valence-electron chi connectivity index (χ0n) is 16.7. The molecule has 0 amide bonds. The number of ether oxygens (including phenoxy) is 1. The molecular formula is C19H20Cl2N4O4Si. The maximum atomic E-state index is 13.2. The van der Waals surface area contributed by atoms with Gasteiger partial charge in [-0.25, -0.2) is 9.97 Å². The third kappa shape index (κ3) is 4.86. The molecule has 8 nitrogen and oxygen atoms in total. The van der Waals surface area contributed by atoms with Crippen molar-refractivity contribution >= 4 is 53.8 Å². The van der Waals surface area contributed by atoms with E-state index in [9.17, 15) is 14.9 Å². The molecule has 0 aliphatic carbocycles. The third-order valence-corrected chi connectivity index (χ3v) is 6.79. The number of halogens is 2. The lowest BCUT2D eigenvalue weighted by molar-refractivity contribution is -0.384. The topological polar surface area (TPSA) is 100 Å². The van der Waals surface area contributed by atoms with Crippen LogP contribution in [0.1, 0.15) is 15.9 Å². The molecule has 11 heteroatoms. The highest BCUT2D eigenvalue weighted by molar-refractivity contribution is 6.76. The molecule has 0 fully saturated rings. The first-order chi connectivity index (χ1) is 14.1. The molecule has 0 unspecified atom stereocenters. The van der Waals surface area contributed by atoms with E-state index in [1.165, 1.54) is 18.5 Å². The Morgan fingerprint density at radius 1 is 1.23 bits per heavy atom. The van der Waals surface area contributed by atoms with E-state index < -0.39 is 18.8 Å². The number of carbonyl (C=O) groups excluding carboxylic acids is 1. The molecule has 2 heterocycles. The van der Waals surface area contributed by atoms with Crippen LogP contribution in [0, 0.1) is 10.1 Å². The average Bonchev–Trinajstić information content (AvgIpc) is 3.04. The minimum Gasteiger partial charge on any atom is -0.361 e. The maximum Gasteiger partial charge on any atom is 0.270 e. The van der Waals surface area contributed by atoms with Crippen LogP contribution in [-0.2, 0) is 11.5 Å². The minimum absolute atomic E-state index is 0.0190. The second-order valence-corrected chi connectivity index (χ2v) is 14.4. The fourth-order valence-corrected chi connectivity index (χ4v) is 4.09. The van der Waals surface area contributed by atoms with Gasteiger partial charge < -0.3 is 9.30 Å². The monoisotopic (exact) mass is 466 g/mol. The number of fused-ring (bicyclic) bond motifs is 1. The summed E-state index contributed by atoms with van der Waals surface area (Å²) in [6.45, 7) is 7.60. The number of aromatic nitrogens is 3. The number of hydrogen-bond donors (Lipinski definition) is 0. The smallest absolute Gasteiger partial charge is 0.270 e. The standard InChI is InChI=1S/C19H20Cl2N4O4Si/c1-30(2,3)7-6-29-11-24-9-14(16-18(21)22-10-23-19(16)24)17(26)13-5-4-12(25(27)28)8-15(13)20/h4-5,8-10H,6-7,11H2,1-3H3. The Bertz CT molecular complexity index is 1130. The summed E-state index contributed by atoms with van der Waals surface area (Å²) in [5, 5.41) is 11.4. The lowest BCUT2D eigenvalue weighted by atomic mass is 10.0. The van der Waals surface area contributed by atoms with Gasteiger partial charge in [0.1, 0.15) is 23.9 Å². The molecule has 0 atom stereocenters. The van der Waals surface area contributed by atoms with E-state index in [2.05, 4.69) is 29.6 Å². The highest BCUT2D eigenvalue weighted by Crippen LogP contribution is 2.31. The minimum atomic E-state index is -1.23. The Hall–Kier alpha value is -2.33. The number of rotatable bonds is 8. The first-order valence-electron chi connectivity index (χ1n) is 9.14. The number of nitro benzene ring substituents is 1. The quantitative estimate of drug-likeness (QED) is 0.113. The van der Waals surface area contributed by atoms with Crippen molar-refractivity contribution in [1.82, 2.24) is 14.5 Å². The molecule has 30 heavy (non-hydrogen) atoms. The fraction of sp³-hybridized carbons (Fsp3) is 0.316. The van der Waals surface area contributed by atoms with Gasteiger partial charge in [0.15, 0.2) is 5.78 Å². The summed E-state index contributed by atoms with van der Waals surface area (Å²) in [6.07, 6.45) is 2.91. The van der Waals surface area contributed by atoms with E-state index in [4.69, 9.17) is 27.9 Å². The van der Waals surface area contributed by atoms with Crippen LogP contribution in [0.2, 0.25) is 35.9 Å². The van der Waals surface area contributed by atoms with E-state index in [1.54, 1.807) is 10.8 Å². The summed E-state index contributed by atoms with van der Waals surface area (Å²) < 4.78 is 7.48. The summed E-state index contributed by atoms with van der Waals surface area (Å²) in [5.41, 5.74) is 0.640. The number of ketones is 1. The molecule has 3 rings (SSSR count). The number of hydrogen-bond acceptors (Lipinski definition) is 6. The third-order valence-electron chi connectivity index (χ3n) is 4.49. The van der Waals surface area contributed by atoms with Crippen molar-refractivity contribution in [1.29, 1.82) is 0 Å². The first kappa shape index (κ1) is 22.4. The number of carbonyl (C=O) groups is 1. The molecule has 0 aliphatic heterocycles. The highest BCUT2D eigenvalue weighted by atomic mass is 35.5. The first-order valence-corrected chi connectivity index (χ1v) is 13.6. The molecule has 0 saturated heterocycles. The maximum absolute atomic E-state index is 13.2. The van der Waals surface area contributed by atoms with Gasteiger partial charge >= 0.3 is 0 Å². The van der Waals surface area contributed by atoms with Crippen molar-refractivity contribution in [3.8, 4) is 0 Å². The van der Waals surface area contributed by atoms with E-state index in [-0.39, 0.29) is 33.7 Å². The fourth-order valence-electron chi connectivity index (χ4n) is 2.85. The highest BCUT2D eigenvalue weighted by Gasteiger charge is 2.23. The van der Waals surface area contributed by atoms with Crippen LogP contribution in [0.15, 0.2) is 30.7 Å². The Balaban J connectivity index is 1.96. The van der Waals surface area contributed by atoms with Crippen LogP contribution in [0.25, 0.3) is 11.0 Å². The summed E-state index contributed by atoms with van der Waals surface area (Å²) in [7, 11) is -1.23. The molecule has 0 saturated carbocycles. The Morgan fingerprint density at radius 2 is 1.97 bits per heavy atom. The Morgan fingerprint density at radius 3 is 2.60 bits per heavy atom. The molecule has 2 aromatic heterocycles. The van der Waals surface area contributed by atoms with E-state index in [1.807, 2.05) is 0 Å². The average molecular weight is 467 g/mol. The number of non-ortho nitro benzene ring substituents is 1. The van der Waals surface area contributed by atoms with Gasteiger partial charge in [-0.1, -0.05) is 42.8 Å². The molecule has 0 aliphatic rings. The van der Waals surface area contributed by atoms with E-state index in [0.717, 1.165) is 12.1 Å². The van der Waals surface area contributed by atoms with Crippen LogP contribution in [0.5, 0.6) is 0 Å². The van der Waals surface area contributed by atoms with Crippen LogP contribution in [0.3, 0.4) is 0 Å². The number of nitro groups is 1. The van der Waals surface area contributed by atoms with Gasteiger partial charge in [-0.2, -0.15) is 0 Å². The summed E-state index contributed by atoms with van der Waals surface area (Å²) in [6, 6.07) is 4.71. The number of benzene rings is 1. The largest absolute Gasteiger partial charge is 0.361 e. The number of nitrogens with zero attached hydrogens (tertiary/aromatic N) is 4. The van der Waals surface area contributed by atoms with Crippen molar-refractivity contribution in [3.63, 3.8) is 0 Å². The molecule has 0 spiro atoms. The molecule has 0 radical (unpaired) electrons. The molecule has 0 bridgehead atoms. The van der Waals surface area contributed by atoms with Crippen LogP contribution >= 0.6 is 23.2 Å². The van der Waals surface area contributed by atoms with Gasteiger partial charge in [0.2, 0.25) is 0 Å². The van der Waals surface area contributed by atoms with Crippen molar-refractivity contribution in [2.24, 2.45) is 0 Å². The van der Waals surface area contributed by atoms with E-state index >= 15 is 0 Å². The summed E-state index contributed by atoms with van der Waals surface area (Å²) in [5.74, 6) is -0.433. The Labute approximate surface area is 183 Å². The molecule has 1 aromatic carbocycles. The molecular weight excluding hydrogens is 447 g/mol. The van der Waals surface area contributed by atoms with Crippen LogP contribution < -0.4 is 0 Å². The predicted octanol–water partition coefficient (Wildman–Crippen LogP) is 5.19. The van der Waals surface area contributed by atoms with Crippen LogP contribution in [-0.4, -0.2) is 39.9 Å². The van der Waals surface area contributed by atoms with Crippen molar-refractivity contribution in [2.45, 2.75) is 32.4 Å². The van der Waals surface area contributed by atoms with Gasteiger partial charge in [-0.05, 0) is 12.1 Å². The molecule has 0 N–H and O–H groups in total. The van der Waals surface area contributed by atoms with Gasteiger partial charge in [0.25, 0.3) is 5.69 Å². The molecule has 158 valence electrons. The molecule has 3 aromatic rings. The van der Waals surface area contributed by atoms with Gasteiger partial charge in [0, 0.05) is 38.6 Å². The van der Waals surface area contributed by atoms with E-state index in [0.29, 0.717) is 17.6 Å². The van der Waals surface area contributed by atoms with Crippen LogP contribution in [0.4, 0.5) is 5.69 Å². The second kappa shape index (κ2) is 8.81.